The number of anilines is 2. The van der Waals surface area contributed by atoms with Crippen molar-refractivity contribution >= 4 is 75.2 Å². The Hall–Kier alpha value is -6.26. The van der Waals surface area contributed by atoms with Gasteiger partial charge in [-0.2, -0.15) is 0 Å². The molecule has 3 aliphatic heterocycles. The summed E-state index contributed by atoms with van der Waals surface area (Å²) in [6.45, 7) is 7.28. The van der Waals surface area contributed by atoms with Gasteiger partial charge in [-0.1, -0.05) is 49.1 Å². The number of thiophene rings is 1. The zero-order valence-corrected chi connectivity index (χ0v) is 43.2. The maximum atomic E-state index is 14.0. The van der Waals surface area contributed by atoms with E-state index in [2.05, 4.69) is 45.3 Å². The molecule has 0 bridgehead atoms. The Labute approximate surface area is 430 Å². The Morgan fingerprint density at radius 2 is 1.57 bits per heavy atom. The number of carbonyl (C=O) groups excluding carboxylic acids is 5. The van der Waals surface area contributed by atoms with Crippen LogP contribution in [0.3, 0.4) is 0 Å². The van der Waals surface area contributed by atoms with Gasteiger partial charge in [0.25, 0.3) is 5.91 Å². The molecule has 4 fully saturated rings. The summed E-state index contributed by atoms with van der Waals surface area (Å²) < 4.78 is 11.5. The lowest BCUT2D eigenvalue weighted by atomic mass is 9.77. The summed E-state index contributed by atoms with van der Waals surface area (Å²) >= 11 is 8.06. The lowest BCUT2D eigenvalue weighted by Crippen LogP contribution is -2.49. The number of para-hydroxylation sites is 1. The number of halogens is 1. The molecule has 0 spiro atoms. The van der Waals surface area contributed by atoms with Crippen molar-refractivity contribution in [2.75, 3.05) is 57.1 Å². The molecule has 72 heavy (non-hydrogen) atoms. The van der Waals surface area contributed by atoms with Crippen LogP contribution in [0.2, 0.25) is 5.02 Å². The number of likely N-dealkylation sites (tertiary alicyclic amines) is 2. The van der Waals surface area contributed by atoms with Crippen molar-refractivity contribution < 1.29 is 33.4 Å². The van der Waals surface area contributed by atoms with Crippen LogP contribution in [0.1, 0.15) is 123 Å². The monoisotopic (exact) mass is 1020 g/mol. The largest absolute Gasteiger partial charge is 0.496 e. The van der Waals surface area contributed by atoms with Crippen LogP contribution < -0.4 is 30.3 Å². The molecule has 6 amide bonds. The van der Waals surface area contributed by atoms with Crippen LogP contribution in [0.4, 0.5) is 21.1 Å². The van der Waals surface area contributed by atoms with Crippen LogP contribution in [0, 0.1) is 24.7 Å². The number of hydrogen-bond acceptors (Lipinski definition) is 11. The van der Waals surface area contributed by atoms with E-state index >= 15 is 0 Å². The first-order valence-electron chi connectivity index (χ1n) is 25.5. The smallest absolute Gasteiger partial charge is 0.412 e. The third kappa shape index (κ3) is 11.5. The van der Waals surface area contributed by atoms with Crippen molar-refractivity contribution in [3.05, 3.63) is 92.9 Å². The van der Waals surface area contributed by atoms with E-state index in [9.17, 15) is 24.0 Å². The fraction of sp³-hybridized carbons (Fsp3) is 0.473. The first kappa shape index (κ1) is 50.7. The molecule has 1 aliphatic carbocycles. The number of methoxy groups -OCH3 is 1. The molecule has 5 heterocycles. The number of imide groups is 1. The maximum absolute atomic E-state index is 14.0. The zero-order chi connectivity index (χ0) is 50.5. The van der Waals surface area contributed by atoms with Gasteiger partial charge in [-0.3, -0.25) is 24.6 Å². The molecule has 15 nitrogen and oxygen atoms in total. The fourth-order valence-corrected chi connectivity index (χ4v) is 12.3. The van der Waals surface area contributed by atoms with Crippen LogP contribution in [0.5, 0.6) is 11.5 Å². The van der Waals surface area contributed by atoms with E-state index in [1.165, 1.54) is 18.4 Å². The van der Waals surface area contributed by atoms with Gasteiger partial charge in [0, 0.05) is 79.6 Å². The number of aryl methyl sites for hydroxylation is 1. The highest BCUT2D eigenvalue weighted by Crippen LogP contribution is 2.44. The Balaban J connectivity index is 0.731. The Bertz CT molecular complexity index is 2820. The molecular weight excluding hydrogens is 952 g/mol. The number of rotatable bonds is 14. The average molecular weight is 1020 g/mol. The standard InChI is InChI=1S/C55H65ClN8O7S/c1-33(49-29-40(32-72-49)41-10-5-6-11-47(41)71-55(69)57-3)58-51-43-30-42(48(70-4)31-45(43)59-34(2)60-51)37-12-14-38(15-13-37)52(66)62-23-18-35(19-24-62)8-7-9-36-20-25-63(26-21-36)53(67)39-16-17-44(56)46(28-39)64-27-22-50(65)61-54(64)68/h5-6,10-11,16-17,28-33,35-38H,7-9,12-15,18-27H2,1-4H3,(H,57,69)(H,58,59,60)(H,61,65,68)/t33-,37?,38?/m1/s1. The Morgan fingerprint density at radius 1 is 0.861 bits per heavy atom. The molecular formula is C55H65ClN8O7S. The van der Waals surface area contributed by atoms with Crippen molar-refractivity contribution in [2.24, 2.45) is 17.8 Å². The van der Waals surface area contributed by atoms with Gasteiger partial charge < -0.3 is 29.9 Å². The molecule has 3 saturated heterocycles. The van der Waals surface area contributed by atoms with E-state index in [0.717, 1.165) is 121 Å². The number of hydrogen-bond donors (Lipinski definition) is 3. The van der Waals surface area contributed by atoms with E-state index in [-0.39, 0.29) is 42.7 Å². The fourth-order valence-electron chi connectivity index (χ4n) is 11.1. The van der Waals surface area contributed by atoms with Crippen LogP contribution in [-0.4, -0.2) is 96.5 Å². The topological polar surface area (TPSA) is 175 Å². The highest BCUT2D eigenvalue weighted by atomic mass is 35.5. The van der Waals surface area contributed by atoms with E-state index in [4.69, 9.17) is 31.0 Å². The number of carbonyl (C=O) groups is 5. The van der Waals surface area contributed by atoms with E-state index < -0.39 is 12.1 Å². The first-order chi connectivity index (χ1) is 34.8. The van der Waals surface area contributed by atoms with Gasteiger partial charge in [0.1, 0.15) is 23.1 Å². The van der Waals surface area contributed by atoms with Crippen LogP contribution in [0.25, 0.3) is 22.0 Å². The number of nitrogens with zero attached hydrogens (tertiary/aromatic N) is 5. The number of benzene rings is 3. The first-order valence-corrected chi connectivity index (χ1v) is 26.8. The summed E-state index contributed by atoms with van der Waals surface area (Å²) in [6.07, 6.45) is 10.7. The van der Waals surface area contributed by atoms with Crippen molar-refractivity contribution in [1.29, 1.82) is 0 Å². The van der Waals surface area contributed by atoms with E-state index in [0.29, 0.717) is 58.7 Å². The quantitative estimate of drug-likeness (QED) is 0.0971. The number of ether oxygens (including phenoxy) is 2. The van der Waals surface area contributed by atoms with Crippen molar-refractivity contribution in [1.82, 2.24) is 30.4 Å². The minimum Gasteiger partial charge on any atom is -0.496 e. The minimum atomic E-state index is -0.530. The number of amides is 6. The molecule has 380 valence electrons. The lowest BCUT2D eigenvalue weighted by molar-refractivity contribution is -0.138. The van der Waals surface area contributed by atoms with Crippen LogP contribution in [0.15, 0.2) is 66.0 Å². The molecule has 17 heteroatoms. The predicted octanol–water partition coefficient (Wildman–Crippen LogP) is 10.9. The normalized spacial score (nSPS) is 19.5. The zero-order valence-electron chi connectivity index (χ0n) is 41.6. The molecule has 5 aromatic rings. The number of urea groups is 1. The van der Waals surface area contributed by atoms with Crippen LogP contribution in [-0.2, 0) is 9.59 Å². The second kappa shape index (κ2) is 22.7. The third-order valence-corrected chi connectivity index (χ3v) is 16.7. The molecule has 0 unspecified atom stereocenters. The maximum Gasteiger partial charge on any atom is 0.412 e. The van der Waals surface area contributed by atoms with Crippen molar-refractivity contribution in [3.63, 3.8) is 0 Å². The average Bonchev–Trinajstić information content (AvgIpc) is 3.89. The molecule has 3 N–H and O–H groups in total. The van der Waals surface area contributed by atoms with Gasteiger partial charge in [-0.15, -0.1) is 11.3 Å². The van der Waals surface area contributed by atoms with Gasteiger partial charge in [-0.05, 0) is 136 Å². The highest BCUT2D eigenvalue weighted by molar-refractivity contribution is 7.10. The highest BCUT2D eigenvalue weighted by Gasteiger charge is 2.34. The SMILES string of the molecule is CNC(=O)Oc1ccccc1-c1csc([C@@H](C)Nc2nc(C)nc3cc(OC)c(C4CCC(C(=O)N5CCC(CCCC6CCN(C(=O)c7ccc(Cl)c(N8CCC(=O)NC8=O)c7)CC6)CC5)CC4)cc23)c1. The van der Waals surface area contributed by atoms with Crippen molar-refractivity contribution in [2.45, 2.75) is 103 Å². The summed E-state index contributed by atoms with van der Waals surface area (Å²) in [5, 5.41) is 11.9. The van der Waals surface area contributed by atoms with E-state index in [1.807, 2.05) is 36.1 Å². The summed E-state index contributed by atoms with van der Waals surface area (Å²) in [5.41, 5.74) is 4.66. The van der Waals surface area contributed by atoms with E-state index in [1.54, 1.807) is 42.7 Å². The lowest BCUT2D eigenvalue weighted by Gasteiger charge is -2.37. The number of piperidine rings is 2. The molecule has 9 rings (SSSR count). The summed E-state index contributed by atoms with van der Waals surface area (Å²) in [6, 6.07) is 18.3. The van der Waals surface area contributed by atoms with Gasteiger partial charge in [-0.25, -0.2) is 19.6 Å². The Kier molecular flexibility index (Phi) is 15.9. The minimum absolute atomic E-state index is 0.0360. The second-order valence-electron chi connectivity index (χ2n) is 19.9. The summed E-state index contributed by atoms with van der Waals surface area (Å²) in [5.74, 6) is 4.14. The van der Waals surface area contributed by atoms with Gasteiger partial charge in [0.2, 0.25) is 11.8 Å². The van der Waals surface area contributed by atoms with Crippen LogP contribution >= 0.6 is 22.9 Å². The summed E-state index contributed by atoms with van der Waals surface area (Å²) in [7, 11) is 3.25. The second-order valence-corrected chi connectivity index (χ2v) is 21.2. The van der Waals surface area contributed by atoms with Gasteiger partial charge in [0.15, 0.2) is 0 Å². The van der Waals surface area contributed by atoms with Gasteiger partial charge in [0.05, 0.1) is 29.4 Å². The Morgan fingerprint density at radius 3 is 2.26 bits per heavy atom. The molecule has 0 radical (unpaired) electrons. The third-order valence-electron chi connectivity index (χ3n) is 15.3. The summed E-state index contributed by atoms with van der Waals surface area (Å²) in [4.78, 5) is 79.9. The molecule has 1 atom stereocenters. The number of aromatic nitrogens is 2. The number of fused-ring (bicyclic) bond motifs is 1. The van der Waals surface area contributed by atoms with Crippen molar-refractivity contribution in [3.8, 4) is 22.6 Å². The molecule has 1 saturated carbocycles. The predicted molar refractivity (Wildman–Crippen MR) is 281 cm³/mol. The molecule has 2 aromatic heterocycles. The molecule has 3 aromatic carbocycles. The van der Waals surface area contributed by atoms with Gasteiger partial charge >= 0.3 is 12.1 Å². The number of nitrogens with one attached hydrogen (secondary N) is 3. The molecule has 4 aliphatic rings.